The van der Waals surface area contributed by atoms with E-state index in [1.54, 1.807) is 12.1 Å². The van der Waals surface area contributed by atoms with E-state index in [1.807, 2.05) is 18.2 Å². The van der Waals surface area contributed by atoms with Crippen LogP contribution in [0.4, 0.5) is 0 Å². The summed E-state index contributed by atoms with van der Waals surface area (Å²) in [7, 11) is 0. The van der Waals surface area contributed by atoms with Crippen molar-refractivity contribution >= 4 is 22.2 Å². The number of hydrogen-bond donors (Lipinski definition) is 1. The monoisotopic (exact) mass is 226 g/mol. The molecular formula is C9H8NO4S-. The highest BCUT2D eigenvalue weighted by molar-refractivity contribution is 7.76. The second-order valence-corrected chi connectivity index (χ2v) is 3.07. The molecule has 0 aliphatic carbocycles. The SMILES string of the molecule is NS(=O)[O-].O=c1ccc2ccccc2o1. The number of para-hydroxylation sites is 1. The standard InChI is InChI=1S/C9H6O2.H3NO2S/c10-9-6-5-7-3-1-2-4-8(7)11-9;1-4(2)3/h1-6H;1H2,(H,2,3)/p-1. The normalized spacial score (nSPS) is 11.6. The van der Waals surface area contributed by atoms with E-state index in [9.17, 15) is 4.79 Å². The molecule has 0 amide bonds. The van der Waals surface area contributed by atoms with E-state index in [0.29, 0.717) is 5.58 Å². The second kappa shape index (κ2) is 5.40. The zero-order valence-corrected chi connectivity index (χ0v) is 8.40. The van der Waals surface area contributed by atoms with Gasteiger partial charge in [0.05, 0.1) is 0 Å². The van der Waals surface area contributed by atoms with Crippen LogP contribution in [-0.2, 0) is 11.3 Å². The van der Waals surface area contributed by atoms with Crippen LogP contribution in [0.5, 0.6) is 0 Å². The minimum absolute atomic E-state index is 0.302. The molecule has 2 N–H and O–H groups in total. The van der Waals surface area contributed by atoms with E-state index in [1.165, 1.54) is 6.07 Å². The highest BCUT2D eigenvalue weighted by Gasteiger charge is 1.92. The van der Waals surface area contributed by atoms with Gasteiger partial charge in [0.2, 0.25) is 0 Å². The van der Waals surface area contributed by atoms with Crippen molar-refractivity contribution < 1.29 is 13.2 Å². The molecule has 1 heterocycles. The van der Waals surface area contributed by atoms with Gasteiger partial charge in [0, 0.05) is 22.7 Å². The van der Waals surface area contributed by atoms with Crippen molar-refractivity contribution in [1.29, 1.82) is 0 Å². The van der Waals surface area contributed by atoms with Crippen molar-refractivity contribution in [2.75, 3.05) is 0 Å². The molecule has 80 valence electrons. The maximum Gasteiger partial charge on any atom is 0.336 e. The molecular weight excluding hydrogens is 218 g/mol. The smallest absolute Gasteiger partial charge is 0.336 e. The Kier molecular flexibility index (Phi) is 4.17. The molecule has 0 aliphatic rings. The lowest BCUT2D eigenvalue weighted by Crippen LogP contribution is -1.97. The van der Waals surface area contributed by atoms with Gasteiger partial charge in [0.15, 0.2) is 0 Å². The summed E-state index contributed by atoms with van der Waals surface area (Å²) in [5, 5.41) is 4.98. The fraction of sp³-hybridized carbons (Fsp3) is 0. The van der Waals surface area contributed by atoms with Gasteiger partial charge in [-0.25, -0.2) is 4.79 Å². The van der Waals surface area contributed by atoms with Crippen LogP contribution in [0.2, 0.25) is 0 Å². The van der Waals surface area contributed by atoms with E-state index in [4.69, 9.17) is 13.2 Å². The maximum atomic E-state index is 10.7. The van der Waals surface area contributed by atoms with Crippen LogP contribution < -0.4 is 10.8 Å². The fourth-order valence-electron chi connectivity index (χ4n) is 1.01. The molecule has 0 aliphatic heterocycles. The Bertz CT molecular complexity index is 519. The molecule has 6 heteroatoms. The molecule has 2 rings (SSSR count). The number of rotatable bonds is 0. The molecule has 0 saturated carbocycles. The third kappa shape index (κ3) is 4.03. The van der Waals surface area contributed by atoms with E-state index >= 15 is 0 Å². The number of fused-ring (bicyclic) bond motifs is 1. The molecule has 5 nitrogen and oxygen atoms in total. The van der Waals surface area contributed by atoms with Gasteiger partial charge in [-0.05, 0) is 12.1 Å². The Balaban J connectivity index is 0.000000245. The Hall–Kier alpha value is -1.50. The first-order valence-corrected chi connectivity index (χ1v) is 5.06. The maximum absolute atomic E-state index is 10.7. The van der Waals surface area contributed by atoms with Gasteiger partial charge < -0.3 is 8.97 Å². The first-order chi connectivity index (χ1) is 7.09. The first-order valence-electron chi connectivity index (χ1n) is 3.92. The van der Waals surface area contributed by atoms with E-state index < -0.39 is 11.3 Å². The zero-order valence-electron chi connectivity index (χ0n) is 7.58. The zero-order chi connectivity index (χ0) is 11.3. The summed E-state index contributed by atoms with van der Waals surface area (Å²) < 4.78 is 22.5. The van der Waals surface area contributed by atoms with Crippen LogP contribution in [0.1, 0.15) is 0 Å². The average Bonchev–Trinajstić information content (AvgIpc) is 2.16. The molecule has 1 unspecified atom stereocenters. The van der Waals surface area contributed by atoms with Crippen molar-refractivity contribution in [3.05, 3.63) is 46.8 Å². The summed E-state index contributed by atoms with van der Waals surface area (Å²) in [6.07, 6.45) is 0. The molecule has 0 spiro atoms. The number of nitrogens with two attached hydrogens (primary N) is 1. The predicted octanol–water partition coefficient (Wildman–Crippen LogP) is 0.532. The van der Waals surface area contributed by atoms with Crippen LogP contribution in [0, 0.1) is 0 Å². The molecule has 15 heavy (non-hydrogen) atoms. The van der Waals surface area contributed by atoms with Crippen molar-refractivity contribution in [1.82, 2.24) is 0 Å². The van der Waals surface area contributed by atoms with Crippen molar-refractivity contribution in [2.45, 2.75) is 0 Å². The lowest BCUT2D eigenvalue weighted by atomic mass is 10.2. The number of benzene rings is 1. The second-order valence-electron chi connectivity index (χ2n) is 2.55. The van der Waals surface area contributed by atoms with Crippen molar-refractivity contribution in [3.8, 4) is 0 Å². The van der Waals surface area contributed by atoms with Gasteiger partial charge in [0.1, 0.15) is 5.58 Å². The Labute approximate surface area is 87.9 Å². The molecule has 0 bridgehead atoms. The molecule has 1 aromatic carbocycles. The quantitative estimate of drug-likeness (QED) is 0.523. The van der Waals surface area contributed by atoms with Crippen LogP contribution in [-0.4, -0.2) is 8.76 Å². The van der Waals surface area contributed by atoms with Gasteiger partial charge in [-0.2, -0.15) is 0 Å². The summed E-state index contributed by atoms with van der Waals surface area (Å²) in [4.78, 5) is 10.7. The minimum Gasteiger partial charge on any atom is -0.760 e. The molecule has 2 aromatic rings. The van der Waals surface area contributed by atoms with Crippen LogP contribution in [0.25, 0.3) is 11.0 Å². The average molecular weight is 226 g/mol. The Morgan fingerprint density at radius 2 is 1.80 bits per heavy atom. The summed E-state index contributed by atoms with van der Waals surface area (Å²) >= 11 is -2.36. The number of hydrogen-bond acceptors (Lipinski definition) is 4. The largest absolute Gasteiger partial charge is 0.760 e. The molecule has 1 atom stereocenters. The minimum atomic E-state index is -2.36. The summed E-state index contributed by atoms with van der Waals surface area (Å²) in [5.41, 5.74) is 0.337. The summed E-state index contributed by atoms with van der Waals surface area (Å²) in [6.45, 7) is 0. The van der Waals surface area contributed by atoms with E-state index in [-0.39, 0.29) is 5.63 Å². The van der Waals surface area contributed by atoms with Crippen LogP contribution >= 0.6 is 0 Å². The lowest BCUT2D eigenvalue weighted by Gasteiger charge is -1.91. The summed E-state index contributed by atoms with van der Waals surface area (Å²) in [6, 6.07) is 10.6. The van der Waals surface area contributed by atoms with Gasteiger partial charge in [-0.3, -0.25) is 9.35 Å². The lowest BCUT2D eigenvalue weighted by molar-refractivity contribution is 0.538. The van der Waals surface area contributed by atoms with E-state index in [2.05, 4.69) is 5.14 Å². The predicted molar refractivity (Wildman–Crippen MR) is 55.6 cm³/mol. The van der Waals surface area contributed by atoms with E-state index in [0.717, 1.165) is 5.39 Å². The first kappa shape index (κ1) is 11.6. The molecule has 0 radical (unpaired) electrons. The van der Waals surface area contributed by atoms with Gasteiger partial charge in [-0.1, -0.05) is 18.2 Å². The summed E-state index contributed by atoms with van der Waals surface area (Å²) in [5.74, 6) is 0. The molecule has 0 fully saturated rings. The Morgan fingerprint density at radius 3 is 2.47 bits per heavy atom. The van der Waals surface area contributed by atoms with Crippen molar-refractivity contribution in [3.63, 3.8) is 0 Å². The highest BCUT2D eigenvalue weighted by Crippen LogP contribution is 2.08. The Morgan fingerprint density at radius 1 is 1.20 bits per heavy atom. The van der Waals surface area contributed by atoms with Gasteiger partial charge in [-0.15, -0.1) is 0 Å². The van der Waals surface area contributed by atoms with Gasteiger partial charge >= 0.3 is 5.63 Å². The van der Waals surface area contributed by atoms with Crippen LogP contribution in [0.15, 0.2) is 45.6 Å². The molecule has 1 aromatic heterocycles. The van der Waals surface area contributed by atoms with Gasteiger partial charge in [0.25, 0.3) is 0 Å². The van der Waals surface area contributed by atoms with Crippen molar-refractivity contribution in [2.24, 2.45) is 5.14 Å². The highest BCUT2D eigenvalue weighted by atomic mass is 32.2. The van der Waals surface area contributed by atoms with Crippen LogP contribution in [0.3, 0.4) is 0 Å². The third-order valence-corrected chi connectivity index (χ3v) is 1.53. The fourth-order valence-corrected chi connectivity index (χ4v) is 1.01. The third-order valence-electron chi connectivity index (χ3n) is 1.53. The molecule has 0 saturated heterocycles. The topological polar surface area (TPSA) is 96.4 Å².